The van der Waals surface area contributed by atoms with Crippen LogP contribution < -0.4 is 24.8 Å². The van der Waals surface area contributed by atoms with E-state index < -0.39 is 0 Å². The molecule has 0 saturated carbocycles. The molecule has 1 rings (SSSR count). The molecule has 0 heterocycles. The SMILES string of the molecule is CCNC(=NCCOc1cc(OC)cc(OC)c1)NCC.I. The van der Waals surface area contributed by atoms with E-state index in [1.165, 1.54) is 0 Å². The van der Waals surface area contributed by atoms with Gasteiger partial charge in [0.05, 0.1) is 20.8 Å². The third kappa shape index (κ3) is 7.58. The Balaban J connectivity index is 0.00000441. The van der Waals surface area contributed by atoms with Crippen molar-refractivity contribution in [3.63, 3.8) is 0 Å². The van der Waals surface area contributed by atoms with Crippen molar-refractivity contribution in [1.82, 2.24) is 10.6 Å². The Morgan fingerprint density at radius 1 is 0.955 bits per heavy atom. The molecule has 1 aromatic rings. The minimum atomic E-state index is 0. The molecular weight excluding hydrogens is 397 g/mol. The number of nitrogens with one attached hydrogen (secondary N) is 2. The molecule has 126 valence electrons. The number of aliphatic imine (C=N–C) groups is 1. The first-order valence-electron chi connectivity index (χ1n) is 7.11. The molecular formula is C15H26IN3O3. The highest BCUT2D eigenvalue weighted by molar-refractivity contribution is 14.0. The predicted octanol–water partition coefficient (Wildman–Crippen LogP) is 2.28. The van der Waals surface area contributed by atoms with Crippen molar-refractivity contribution in [2.24, 2.45) is 4.99 Å². The molecule has 0 bridgehead atoms. The first-order chi connectivity index (χ1) is 10.2. The van der Waals surface area contributed by atoms with E-state index in [1.807, 2.05) is 26.0 Å². The zero-order valence-electron chi connectivity index (χ0n) is 13.6. The summed E-state index contributed by atoms with van der Waals surface area (Å²) < 4.78 is 16.1. The fourth-order valence-electron chi connectivity index (χ4n) is 1.69. The third-order valence-corrected chi connectivity index (χ3v) is 2.64. The fourth-order valence-corrected chi connectivity index (χ4v) is 1.69. The molecule has 0 radical (unpaired) electrons. The van der Waals surface area contributed by atoms with E-state index in [0.29, 0.717) is 30.4 Å². The highest BCUT2D eigenvalue weighted by Crippen LogP contribution is 2.27. The van der Waals surface area contributed by atoms with Crippen LogP contribution in [0.5, 0.6) is 17.2 Å². The summed E-state index contributed by atoms with van der Waals surface area (Å²) in [6.45, 7) is 6.78. The molecule has 0 fully saturated rings. The molecule has 0 aliphatic carbocycles. The number of ether oxygens (including phenoxy) is 3. The molecule has 0 aromatic heterocycles. The van der Waals surface area contributed by atoms with Gasteiger partial charge < -0.3 is 24.8 Å². The van der Waals surface area contributed by atoms with Crippen LogP contribution in [0.4, 0.5) is 0 Å². The number of guanidine groups is 1. The van der Waals surface area contributed by atoms with Crippen molar-refractivity contribution < 1.29 is 14.2 Å². The summed E-state index contributed by atoms with van der Waals surface area (Å²) in [6, 6.07) is 5.45. The lowest BCUT2D eigenvalue weighted by Crippen LogP contribution is -2.37. The Labute approximate surface area is 149 Å². The maximum Gasteiger partial charge on any atom is 0.191 e. The first-order valence-corrected chi connectivity index (χ1v) is 7.11. The first kappa shape index (κ1) is 20.6. The van der Waals surface area contributed by atoms with Gasteiger partial charge in [-0.15, -0.1) is 24.0 Å². The van der Waals surface area contributed by atoms with Crippen LogP contribution in [0.25, 0.3) is 0 Å². The summed E-state index contributed by atoms with van der Waals surface area (Å²) in [5.74, 6) is 2.91. The van der Waals surface area contributed by atoms with Gasteiger partial charge in [0.2, 0.25) is 0 Å². The van der Waals surface area contributed by atoms with Crippen molar-refractivity contribution in [3.8, 4) is 17.2 Å². The minimum absolute atomic E-state index is 0. The van der Waals surface area contributed by atoms with Gasteiger partial charge in [-0.2, -0.15) is 0 Å². The number of benzene rings is 1. The van der Waals surface area contributed by atoms with Crippen LogP contribution in [-0.4, -0.2) is 46.4 Å². The normalized spacial score (nSPS) is 9.27. The Hall–Kier alpha value is -1.38. The molecule has 0 atom stereocenters. The third-order valence-electron chi connectivity index (χ3n) is 2.64. The van der Waals surface area contributed by atoms with Gasteiger partial charge >= 0.3 is 0 Å². The average molecular weight is 423 g/mol. The van der Waals surface area contributed by atoms with Gasteiger partial charge in [0.15, 0.2) is 5.96 Å². The van der Waals surface area contributed by atoms with Crippen LogP contribution >= 0.6 is 24.0 Å². The van der Waals surface area contributed by atoms with Gasteiger partial charge in [0, 0.05) is 31.3 Å². The van der Waals surface area contributed by atoms with Gasteiger partial charge in [-0.25, -0.2) is 4.99 Å². The van der Waals surface area contributed by atoms with Gasteiger partial charge in [0.25, 0.3) is 0 Å². The summed E-state index contributed by atoms with van der Waals surface area (Å²) in [5.41, 5.74) is 0. The Kier molecular flexibility index (Phi) is 11.4. The molecule has 2 N–H and O–H groups in total. The lowest BCUT2D eigenvalue weighted by molar-refractivity contribution is 0.320. The van der Waals surface area contributed by atoms with Crippen LogP contribution in [-0.2, 0) is 0 Å². The van der Waals surface area contributed by atoms with E-state index in [-0.39, 0.29) is 24.0 Å². The summed E-state index contributed by atoms with van der Waals surface area (Å²) in [4.78, 5) is 4.41. The van der Waals surface area contributed by atoms with Gasteiger partial charge in [-0.3, -0.25) is 0 Å². The van der Waals surface area contributed by atoms with Gasteiger partial charge in [-0.05, 0) is 13.8 Å². The quantitative estimate of drug-likeness (QED) is 0.291. The van der Waals surface area contributed by atoms with Gasteiger partial charge in [-0.1, -0.05) is 0 Å². The van der Waals surface area contributed by atoms with E-state index in [0.717, 1.165) is 19.0 Å². The highest BCUT2D eigenvalue weighted by atomic mass is 127. The number of halogens is 1. The summed E-state index contributed by atoms with van der Waals surface area (Å²) in [7, 11) is 3.23. The van der Waals surface area contributed by atoms with E-state index >= 15 is 0 Å². The Bertz CT molecular complexity index is 425. The smallest absolute Gasteiger partial charge is 0.191 e. The molecule has 1 aromatic carbocycles. The van der Waals surface area contributed by atoms with Crippen LogP contribution in [0.15, 0.2) is 23.2 Å². The molecule has 0 unspecified atom stereocenters. The van der Waals surface area contributed by atoms with Crippen molar-refractivity contribution >= 4 is 29.9 Å². The zero-order valence-corrected chi connectivity index (χ0v) is 16.0. The van der Waals surface area contributed by atoms with Crippen molar-refractivity contribution in [2.75, 3.05) is 40.5 Å². The number of hydrogen-bond donors (Lipinski definition) is 2. The molecule has 0 aliphatic rings. The molecule has 22 heavy (non-hydrogen) atoms. The molecule has 0 saturated heterocycles. The van der Waals surface area contributed by atoms with Crippen LogP contribution in [0.2, 0.25) is 0 Å². The Morgan fingerprint density at radius 2 is 1.45 bits per heavy atom. The van der Waals surface area contributed by atoms with E-state index in [1.54, 1.807) is 20.3 Å². The van der Waals surface area contributed by atoms with Crippen molar-refractivity contribution in [1.29, 1.82) is 0 Å². The maximum atomic E-state index is 5.68. The summed E-state index contributed by atoms with van der Waals surface area (Å²) in [5, 5.41) is 6.32. The summed E-state index contributed by atoms with van der Waals surface area (Å²) in [6.07, 6.45) is 0. The monoisotopic (exact) mass is 423 g/mol. The highest BCUT2D eigenvalue weighted by Gasteiger charge is 2.02. The second-order valence-corrected chi connectivity index (χ2v) is 4.19. The zero-order chi connectivity index (χ0) is 15.5. The van der Waals surface area contributed by atoms with E-state index in [9.17, 15) is 0 Å². The lowest BCUT2D eigenvalue weighted by atomic mass is 10.3. The lowest BCUT2D eigenvalue weighted by Gasteiger charge is -2.11. The number of rotatable bonds is 8. The van der Waals surface area contributed by atoms with E-state index in [2.05, 4.69) is 15.6 Å². The van der Waals surface area contributed by atoms with Crippen molar-refractivity contribution in [2.45, 2.75) is 13.8 Å². The minimum Gasteiger partial charge on any atom is -0.496 e. The average Bonchev–Trinajstić information content (AvgIpc) is 2.51. The number of methoxy groups -OCH3 is 2. The molecule has 0 spiro atoms. The second kappa shape index (κ2) is 12.2. The number of hydrogen-bond acceptors (Lipinski definition) is 4. The van der Waals surface area contributed by atoms with Crippen molar-refractivity contribution in [3.05, 3.63) is 18.2 Å². The molecule has 0 amide bonds. The van der Waals surface area contributed by atoms with Crippen LogP contribution in [0, 0.1) is 0 Å². The largest absolute Gasteiger partial charge is 0.496 e. The Morgan fingerprint density at radius 3 is 1.91 bits per heavy atom. The topological polar surface area (TPSA) is 64.1 Å². The molecule has 7 heteroatoms. The maximum absolute atomic E-state index is 5.68. The predicted molar refractivity (Wildman–Crippen MR) is 100 cm³/mol. The summed E-state index contributed by atoms with van der Waals surface area (Å²) >= 11 is 0. The van der Waals surface area contributed by atoms with Crippen LogP contribution in [0.1, 0.15) is 13.8 Å². The second-order valence-electron chi connectivity index (χ2n) is 4.19. The molecule has 6 nitrogen and oxygen atoms in total. The standard InChI is InChI=1S/C15H25N3O3.HI/c1-5-16-15(17-6-2)18-7-8-21-14-10-12(19-3)9-13(11-14)20-4;/h9-11H,5-8H2,1-4H3,(H2,16,17,18);1H. The molecule has 0 aliphatic heterocycles. The van der Waals surface area contributed by atoms with Gasteiger partial charge in [0.1, 0.15) is 23.9 Å². The fraction of sp³-hybridized carbons (Fsp3) is 0.533. The number of nitrogens with zero attached hydrogens (tertiary/aromatic N) is 1. The van der Waals surface area contributed by atoms with E-state index in [4.69, 9.17) is 14.2 Å². The van der Waals surface area contributed by atoms with Crippen LogP contribution in [0.3, 0.4) is 0 Å².